The molecule has 1 atom stereocenters. The van der Waals surface area contributed by atoms with Gasteiger partial charge in [-0.15, -0.1) is 0 Å². The zero-order valence-electron chi connectivity index (χ0n) is 11.6. The monoisotopic (exact) mass is 230 g/mol. The van der Waals surface area contributed by atoms with Crippen molar-refractivity contribution in [2.24, 2.45) is 0 Å². The van der Waals surface area contributed by atoms with Gasteiger partial charge in [-0.3, -0.25) is 0 Å². The lowest BCUT2D eigenvalue weighted by Gasteiger charge is -2.26. The molecule has 98 valence electrons. The van der Waals surface area contributed by atoms with Crippen molar-refractivity contribution in [3.63, 3.8) is 0 Å². The number of unbranched alkanes of at least 4 members (excludes halogenated alkanes) is 4. The molecule has 2 nitrogen and oxygen atoms in total. The molecule has 0 aromatic rings. The Labute approximate surface area is 101 Å². The van der Waals surface area contributed by atoms with Crippen molar-refractivity contribution < 1.29 is 9.84 Å². The van der Waals surface area contributed by atoms with Crippen LogP contribution in [0.5, 0.6) is 0 Å². The fourth-order valence-electron chi connectivity index (χ4n) is 1.97. The summed E-state index contributed by atoms with van der Waals surface area (Å²) in [5.41, 5.74) is 0. The number of ether oxygens (including phenoxy) is 1. The van der Waals surface area contributed by atoms with Gasteiger partial charge >= 0.3 is 0 Å². The highest BCUT2D eigenvalue weighted by Gasteiger charge is 2.19. The first-order chi connectivity index (χ1) is 7.49. The minimum absolute atomic E-state index is 0.228. The van der Waals surface area contributed by atoms with Crippen LogP contribution in [0.2, 0.25) is 0 Å². The molecule has 1 unspecified atom stereocenters. The summed E-state index contributed by atoms with van der Waals surface area (Å²) >= 11 is 0. The summed E-state index contributed by atoms with van der Waals surface area (Å²) in [6.07, 6.45) is 9.96. The second-order valence-corrected chi connectivity index (χ2v) is 5.18. The Morgan fingerprint density at radius 1 is 0.938 bits per heavy atom. The predicted molar refractivity (Wildman–Crippen MR) is 69.5 cm³/mol. The summed E-state index contributed by atoms with van der Waals surface area (Å²) in [4.78, 5) is 0. The third-order valence-electron chi connectivity index (χ3n) is 2.70. The smallest absolute Gasteiger partial charge is 0.160 e. The number of rotatable bonds is 10. The Morgan fingerprint density at radius 2 is 1.56 bits per heavy atom. The highest BCUT2D eigenvalue weighted by Crippen LogP contribution is 2.18. The molecule has 0 aliphatic heterocycles. The van der Waals surface area contributed by atoms with Crippen molar-refractivity contribution in [3.05, 3.63) is 0 Å². The molecule has 0 aliphatic carbocycles. The Kier molecular flexibility index (Phi) is 8.96. The van der Waals surface area contributed by atoms with E-state index in [1.807, 2.05) is 0 Å². The highest BCUT2D eigenvalue weighted by molar-refractivity contribution is 4.62. The van der Waals surface area contributed by atoms with Gasteiger partial charge in [0.05, 0.1) is 6.10 Å². The van der Waals surface area contributed by atoms with Crippen molar-refractivity contribution >= 4 is 0 Å². The van der Waals surface area contributed by atoms with Crippen LogP contribution in [-0.2, 0) is 4.74 Å². The molecule has 0 saturated carbocycles. The lowest BCUT2D eigenvalue weighted by atomic mass is 10.0. The van der Waals surface area contributed by atoms with E-state index in [2.05, 4.69) is 13.8 Å². The van der Waals surface area contributed by atoms with Crippen LogP contribution < -0.4 is 0 Å². The van der Waals surface area contributed by atoms with Crippen molar-refractivity contribution in [2.75, 3.05) is 0 Å². The molecule has 0 spiro atoms. The van der Waals surface area contributed by atoms with Gasteiger partial charge in [0.25, 0.3) is 0 Å². The first-order valence-electron chi connectivity index (χ1n) is 6.89. The molecule has 16 heavy (non-hydrogen) atoms. The first kappa shape index (κ1) is 15.9. The molecule has 0 amide bonds. The zero-order valence-corrected chi connectivity index (χ0v) is 11.6. The molecule has 0 saturated heterocycles. The second-order valence-electron chi connectivity index (χ2n) is 5.18. The second kappa shape index (κ2) is 9.00. The van der Waals surface area contributed by atoms with Crippen LogP contribution in [0, 0.1) is 0 Å². The minimum atomic E-state index is -0.983. The van der Waals surface area contributed by atoms with Crippen molar-refractivity contribution in [1.29, 1.82) is 0 Å². The minimum Gasteiger partial charge on any atom is -0.366 e. The van der Waals surface area contributed by atoms with Gasteiger partial charge in [-0.25, -0.2) is 0 Å². The van der Waals surface area contributed by atoms with E-state index in [9.17, 15) is 5.11 Å². The molecular weight excluding hydrogens is 200 g/mol. The molecule has 0 aromatic carbocycles. The van der Waals surface area contributed by atoms with Crippen LogP contribution >= 0.6 is 0 Å². The molecule has 0 rings (SSSR count). The average molecular weight is 230 g/mol. The molecule has 0 fully saturated rings. The maximum Gasteiger partial charge on any atom is 0.160 e. The maximum atomic E-state index is 9.63. The molecular formula is C14H30O2. The van der Waals surface area contributed by atoms with Gasteiger partial charge in [-0.05, 0) is 26.7 Å². The van der Waals surface area contributed by atoms with E-state index in [4.69, 9.17) is 4.74 Å². The van der Waals surface area contributed by atoms with Gasteiger partial charge in [0.1, 0.15) is 0 Å². The fourth-order valence-corrected chi connectivity index (χ4v) is 1.97. The topological polar surface area (TPSA) is 29.5 Å². The van der Waals surface area contributed by atoms with Crippen LogP contribution in [0.15, 0.2) is 0 Å². The predicted octanol–water partition coefficient (Wildman–Crippen LogP) is 4.26. The van der Waals surface area contributed by atoms with Gasteiger partial charge in [0, 0.05) is 0 Å². The van der Waals surface area contributed by atoms with Crippen LogP contribution in [-0.4, -0.2) is 17.0 Å². The quantitative estimate of drug-likeness (QED) is 0.449. The van der Waals surface area contributed by atoms with E-state index in [0.29, 0.717) is 0 Å². The summed E-state index contributed by atoms with van der Waals surface area (Å²) in [5, 5.41) is 9.63. The summed E-state index contributed by atoms with van der Waals surface area (Å²) in [6, 6.07) is 0. The first-order valence-corrected chi connectivity index (χ1v) is 6.89. The third kappa shape index (κ3) is 10.4. The standard InChI is InChI=1S/C14H30O2/c1-5-7-8-9-10-12-13(11-6-2)16-14(3,4)15/h13,15H,5-12H2,1-4H3. The molecule has 0 bridgehead atoms. The van der Waals surface area contributed by atoms with Gasteiger partial charge < -0.3 is 9.84 Å². The van der Waals surface area contributed by atoms with E-state index < -0.39 is 5.79 Å². The average Bonchev–Trinajstić information content (AvgIpc) is 2.15. The van der Waals surface area contributed by atoms with Crippen LogP contribution in [0.1, 0.15) is 79.1 Å². The lowest BCUT2D eigenvalue weighted by molar-refractivity contribution is -0.208. The molecule has 0 heterocycles. The number of hydrogen-bond acceptors (Lipinski definition) is 2. The van der Waals surface area contributed by atoms with Gasteiger partial charge in [-0.2, -0.15) is 0 Å². The fraction of sp³-hybridized carbons (Fsp3) is 1.00. The van der Waals surface area contributed by atoms with Gasteiger partial charge in [-0.1, -0.05) is 52.4 Å². The summed E-state index contributed by atoms with van der Waals surface area (Å²) in [5.74, 6) is -0.983. The van der Waals surface area contributed by atoms with Gasteiger partial charge in [0.15, 0.2) is 5.79 Å². The summed E-state index contributed by atoms with van der Waals surface area (Å²) in [6.45, 7) is 7.83. The molecule has 2 heteroatoms. The van der Waals surface area contributed by atoms with Crippen LogP contribution in [0.3, 0.4) is 0 Å². The van der Waals surface area contributed by atoms with Crippen LogP contribution in [0.25, 0.3) is 0 Å². The van der Waals surface area contributed by atoms with Crippen molar-refractivity contribution in [1.82, 2.24) is 0 Å². The van der Waals surface area contributed by atoms with E-state index in [-0.39, 0.29) is 6.10 Å². The summed E-state index contributed by atoms with van der Waals surface area (Å²) in [7, 11) is 0. The number of aliphatic hydroxyl groups is 1. The molecule has 1 N–H and O–H groups in total. The van der Waals surface area contributed by atoms with E-state index >= 15 is 0 Å². The molecule has 0 aliphatic rings. The molecule has 0 aromatic heterocycles. The number of hydrogen-bond donors (Lipinski definition) is 1. The Hall–Kier alpha value is -0.0800. The SMILES string of the molecule is CCCCCCCC(CCC)OC(C)(C)O. The Balaban J connectivity index is 3.68. The van der Waals surface area contributed by atoms with Crippen LogP contribution in [0.4, 0.5) is 0 Å². The van der Waals surface area contributed by atoms with E-state index in [1.54, 1.807) is 13.8 Å². The summed E-state index contributed by atoms with van der Waals surface area (Å²) < 4.78 is 5.64. The largest absolute Gasteiger partial charge is 0.366 e. The third-order valence-corrected chi connectivity index (χ3v) is 2.70. The highest BCUT2D eigenvalue weighted by atomic mass is 16.6. The maximum absolute atomic E-state index is 9.63. The van der Waals surface area contributed by atoms with E-state index in [1.165, 1.54) is 32.1 Å². The Bertz CT molecular complexity index is 149. The Morgan fingerprint density at radius 3 is 2.06 bits per heavy atom. The molecule has 0 radical (unpaired) electrons. The van der Waals surface area contributed by atoms with Crippen molar-refractivity contribution in [3.8, 4) is 0 Å². The van der Waals surface area contributed by atoms with E-state index in [0.717, 1.165) is 19.3 Å². The van der Waals surface area contributed by atoms with Gasteiger partial charge in [0.2, 0.25) is 0 Å². The normalized spacial score (nSPS) is 14.1. The van der Waals surface area contributed by atoms with Crippen molar-refractivity contribution in [2.45, 2.75) is 91.0 Å². The lowest BCUT2D eigenvalue weighted by Crippen LogP contribution is -2.30. The zero-order chi connectivity index (χ0) is 12.4.